The Morgan fingerprint density at radius 1 is 1.21 bits per heavy atom. The molecule has 0 fully saturated rings. The van der Waals surface area contributed by atoms with Gasteiger partial charge in [-0.2, -0.15) is 5.26 Å². The van der Waals surface area contributed by atoms with Gasteiger partial charge in [0.2, 0.25) is 10.0 Å². The second kappa shape index (κ2) is 5.72. The Bertz CT molecular complexity index is 563. The Labute approximate surface area is 115 Å². The molecule has 0 saturated heterocycles. The molecule has 0 aliphatic carbocycles. The average Bonchev–Trinajstić information content (AvgIpc) is 2.27. The lowest BCUT2D eigenvalue weighted by Gasteiger charge is -2.26. The van der Waals surface area contributed by atoms with Crippen LogP contribution in [0, 0.1) is 16.7 Å². The molecule has 1 aromatic carbocycles. The second-order valence-corrected chi connectivity index (χ2v) is 7.96. The van der Waals surface area contributed by atoms with Gasteiger partial charge in [0, 0.05) is 13.6 Å². The van der Waals surface area contributed by atoms with Crippen LogP contribution in [0.1, 0.15) is 31.9 Å². The minimum atomic E-state index is -3.32. The van der Waals surface area contributed by atoms with E-state index in [4.69, 9.17) is 5.26 Å². The summed E-state index contributed by atoms with van der Waals surface area (Å²) >= 11 is 0. The largest absolute Gasteiger partial charge is 0.218 e. The Kier molecular flexibility index (Phi) is 4.72. The monoisotopic (exact) mass is 280 g/mol. The quantitative estimate of drug-likeness (QED) is 0.850. The first-order chi connectivity index (χ1) is 8.64. The average molecular weight is 280 g/mol. The Hall–Kier alpha value is -1.38. The number of nitrogens with zero attached hydrogens (tertiary/aromatic N) is 2. The van der Waals surface area contributed by atoms with Crippen LogP contribution < -0.4 is 0 Å². The fourth-order valence-corrected chi connectivity index (χ4v) is 3.18. The Morgan fingerprint density at radius 3 is 2.16 bits per heavy atom. The van der Waals surface area contributed by atoms with Crippen molar-refractivity contribution < 1.29 is 8.42 Å². The summed E-state index contributed by atoms with van der Waals surface area (Å²) in [6.07, 6.45) is 0. The standard InChI is InChI=1S/C14H20N2O2S/c1-14(2,3)11-16(4)19(17,18)10-13-7-5-12(9-15)6-8-13/h5-8H,10-11H2,1-4H3. The Morgan fingerprint density at radius 2 is 1.74 bits per heavy atom. The molecular weight excluding hydrogens is 260 g/mol. The highest BCUT2D eigenvalue weighted by Gasteiger charge is 2.23. The van der Waals surface area contributed by atoms with Crippen LogP contribution >= 0.6 is 0 Å². The van der Waals surface area contributed by atoms with E-state index >= 15 is 0 Å². The van der Waals surface area contributed by atoms with Crippen molar-refractivity contribution in [2.24, 2.45) is 5.41 Å². The smallest absolute Gasteiger partial charge is 0.212 e. The van der Waals surface area contributed by atoms with Crippen molar-refractivity contribution in [3.05, 3.63) is 35.4 Å². The van der Waals surface area contributed by atoms with E-state index in [0.717, 1.165) is 0 Å². The minimum Gasteiger partial charge on any atom is -0.212 e. The maximum Gasteiger partial charge on any atom is 0.218 e. The van der Waals surface area contributed by atoms with Crippen LogP contribution in [-0.4, -0.2) is 26.3 Å². The zero-order valence-electron chi connectivity index (χ0n) is 11.8. The molecule has 0 saturated carbocycles. The molecule has 4 nitrogen and oxygen atoms in total. The Balaban J connectivity index is 2.81. The van der Waals surface area contributed by atoms with Crippen LogP contribution in [0.25, 0.3) is 0 Å². The number of nitriles is 1. The van der Waals surface area contributed by atoms with E-state index in [2.05, 4.69) is 0 Å². The van der Waals surface area contributed by atoms with Crippen molar-refractivity contribution in [3.8, 4) is 6.07 Å². The van der Waals surface area contributed by atoms with Crippen molar-refractivity contribution in [2.75, 3.05) is 13.6 Å². The zero-order chi connectivity index (χ0) is 14.7. The molecule has 0 amide bonds. The van der Waals surface area contributed by atoms with Gasteiger partial charge in [-0.3, -0.25) is 0 Å². The molecule has 0 bridgehead atoms. The minimum absolute atomic E-state index is 0.0364. The third-order valence-corrected chi connectivity index (χ3v) is 4.38. The number of hydrogen-bond acceptors (Lipinski definition) is 3. The van der Waals surface area contributed by atoms with Crippen LogP contribution in [0.4, 0.5) is 0 Å². The topological polar surface area (TPSA) is 61.2 Å². The van der Waals surface area contributed by atoms with E-state index in [1.54, 1.807) is 31.3 Å². The van der Waals surface area contributed by atoms with Crippen LogP contribution in [-0.2, 0) is 15.8 Å². The van der Waals surface area contributed by atoms with Crippen LogP contribution in [0.3, 0.4) is 0 Å². The fraction of sp³-hybridized carbons (Fsp3) is 0.500. The van der Waals surface area contributed by atoms with Crippen molar-refractivity contribution in [3.63, 3.8) is 0 Å². The number of rotatable bonds is 4. The third kappa shape index (κ3) is 5.01. The summed E-state index contributed by atoms with van der Waals surface area (Å²) in [7, 11) is -1.71. The molecule has 5 heteroatoms. The molecule has 0 aliphatic rings. The van der Waals surface area contributed by atoms with Gasteiger partial charge in [0.25, 0.3) is 0 Å². The van der Waals surface area contributed by atoms with Gasteiger partial charge in [-0.05, 0) is 23.1 Å². The first-order valence-corrected chi connectivity index (χ1v) is 7.68. The second-order valence-electron chi connectivity index (χ2n) is 5.88. The molecule has 0 aliphatic heterocycles. The summed E-state index contributed by atoms with van der Waals surface area (Å²) in [5, 5.41) is 8.70. The molecule has 1 rings (SSSR count). The highest BCUT2D eigenvalue weighted by atomic mass is 32.2. The van der Waals surface area contributed by atoms with E-state index < -0.39 is 10.0 Å². The lowest BCUT2D eigenvalue weighted by Crippen LogP contribution is -2.35. The van der Waals surface area contributed by atoms with Gasteiger partial charge in [-0.25, -0.2) is 12.7 Å². The molecule has 19 heavy (non-hydrogen) atoms. The van der Waals surface area contributed by atoms with Crippen molar-refractivity contribution in [1.29, 1.82) is 5.26 Å². The van der Waals surface area contributed by atoms with E-state index in [1.807, 2.05) is 26.8 Å². The van der Waals surface area contributed by atoms with Crippen molar-refractivity contribution in [1.82, 2.24) is 4.31 Å². The van der Waals surface area contributed by atoms with Gasteiger partial charge in [-0.15, -0.1) is 0 Å². The molecule has 104 valence electrons. The highest BCUT2D eigenvalue weighted by Crippen LogP contribution is 2.18. The molecule has 0 unspecified atom stereocenters. The molecule has 0 spiro atoms. The molecule has 0 radical (unpaired) electrons. The van der Waals surface area contributed by atoms with E-state index in [9.17, 15) is 8.42 Å². The van der Waals surface area contributed by atoms with E-state index in [1.165, 1.54) is 4.31 Å². The molecular formula is C14H20N2O2S. The summed E-state index contributed by atoms with van der Waals surface area (Å²) in [5.74, 6) is -0.0364. The maximum atomic E-state index is 12.2. The maximum absolute atomic E-state index is 12.2. The summed E-state index contributed by atoms with van der Waals surface area (Å²) in [5.41, 5.74) is 1.15. The molecule has 0 N–H and O–H groups in total. The van der Waals surface area contributed by atoms with Gasteiger partial charge in [0.05, 0.1) is 17.4 Å². The van der Waals surface area contributed by atoms with Crippen molar-refractivity contribution in [2.45, 2.75) is 26.5 Å². The number of sulfonamides is 1. The van der Waals surface area contributed by atoms with E-state index in [-0.39, 0.29) is 11.2 Å². The van der Waals surface area contributed by atoms with Gasteiger partial charge in [-0.1, -0.05) is 32.9 Å². The van der Waals surface area contributed by atoms with Gasteiger partial charge in [0.15, 0.2) is 0 Å². The first kappa shape index (κ1) is 15.7. The first-order valence-electron chi connectivity index (χ1n) is 6.07. The van der Waals surface area contributed by atoms with Gasteiger partial charge in [0.1, 0.15) is 0 Å². The molecule has 1 aromatic rings. The number of benzene rings is 1. The summed E-state index contributed by atoms with van der Waals surface area (Å²) in [4.78, 5) is 0. The fourth-order valence-electron chi connectivity index (χ4n) is 1.76. The lowest BCUT2D eigenvalue weighted by molar-refractivity contribution is 0.310. The molecule has 0 heterocycles. The summed E-state index contributed by atoms with van der Waals surface area (Å²) in [6, 6.07) is 8.64. The van der Waals surface area contributed by atoms with Crippen molar-refractivity contribution >= 4 is 10.0 Å². The lowest BCUT2D eigenvalue weighted by atomic mass is 9.97. The zero-order valence-corrected chi connectivity index (χ0v) is 12.7. The van der Waals surface area contributed by atoms with Crippen LogP contribution in [0.5, 0.6) is 0 Å². The highest BCUT2D eigenvalue weighted by molar-refractivity contribution is 7.88. The molecule has 0 atom stereocenters. The van der Waals surface area contributed by atoms with Crippen LogP contribution in [0.15, 0.2) is 24.3 Å². The predicted octanol–water partition coefficient (Wildman–Crippen LogP) is 2.37. The third-order valence-electron chi connectivity index (χ3n) is 2.60. The molecule has 0 aromatic heterocycles. The van der Waals surface area contributed by atoms with E-state index in [0.29, 0.717) is 17.7 Å². The summed E-state index contributed by atoms with van der Waals surface area (Å²) < 4.78 is 25.8. The van der Waals surface area contributed by atoms with Crippen LogP contribution in [0.2, 0.25) is 0 Å². The predicted molar refractivity (Wildman–Crippen MR) is 75.9 cm³/mol. The SMILES string of the molecule is CN(CC(C)(C)C)S(=O)(=O)Cc1ccc(C#N)cc1. The van der Waals surface area contributed by atoms with Gasteiger partial charge < -0.3 is 0 Å². The number of hydrogen-bond donors (Lipinski definition) is 0. The summed E-state index contributed by atoms with van der Waals surface area (Å²) in [6.45, 7) is 6.48. The normalized spacial score (nSPS) is 12.4. The van der Waals surface area contributed by atoms with Gasteiger partial charge >= 0.3 is 0 Å².